The molecule has 152 valence electrons. The van der Waals surface area contributed by atoms with Gasteiger partial charge in [-0.2, -0.15) is 0 Å². The predicted octanol–water partition coefficient (Wildman–Crippen LogP) is 4.69. The van der Waals surface area contributed by atoms with Gasteiger partial charge >= 0.3 is 11.9 Å². The number of halogens is 2. The maximum absolute atomic E-state index is 12.1. The third kappa shape index (κ3) is 9.37. The first-order valence-corrected chi connectivity index (χ1v) is 10.4. The van der Waals surface area contributed by atoms with Gasteiger partial charge in [-0.05, 0) is 57.2 Å². The van der Waals surface area contributed by atoms with Gasteiger partial charge in [0.15, 0.2) is 5.76 Å². The average molecular weight is 513 g/mol. The summed E-state index contributed by atoms with van der Waals surface area (Å²) in [4.78, 5) is 38.3. The molecule has 1 atom stereocenters. The fraction of sp³-hybridized carbons (Fsp3) is 0.647. The van der Waals surface area contributed by atoms with Crippen LogP contribution in [0.4, 0.5) is 0 Å². The highest BCUT2D eigenvalue weighted by molar-refractivity contribution is 9.28. The standard InChI is InChI=1S/C17H23Br2NO7/c1-2-8-13(12-11-14(16(18)19)27-17(12)22)26-15(21)9-6-4-3-5-7-10-25-20(23)24/h11,13H,2-10H2,1H3. The minimum Gasteiger partial charge on any atom is -0.457 e. The quantitative estimate of drug-likeness (QED) is 0.152. The van der Waals surface area contributed by atoms with Crippen LogP contribution >= 0.6 is 31.9 Å². The van der Waals surface area contributed by atoms with E-state index in [-0.39, 0.29) is 19.0 Å². The summed E-state index contributed by atoms with van der Waals surface area (Å²) in [7, 11) is 0. The fourth-order valence-corrected chi connectivity index (χ4v) is 2.90. The topological polar surface area (TPSA) is 105 Å². The summed E-state index contributed by atoms with van der Waals surface area (Å²) >= 11 is 6.38. The van der Waals surface area contributed by atoms with Crippen molar-refractivity contribution in [1.82, 2.24) is 0 Å². The molecule has 27 heavy (non-hydrogen) atoms. The van der Waals surface area contributed by atoms with Gasteiger partial charge in [0.25, 0.3) is 5.09 Å². The average Bonchev–Trinajstić information content (AvgIpc) is 2.98. The molecule has 0 saturated heterocycles. The largest absolute Gasteiger partial charge is 0.457 e. The van der Waals surface area contributed by atoms with Crippen molar-refractivity contribution in [2.45, 2.75) is 64.4 Å². The van der Waals surface area contributed by atoms with Crippen molar-refractivity contribution < 1.29 is 29.0 Å². The highest BCUT2D eigenvalue weighted by atomic mass is 79.9. The number of carbonyl (C=O) groups excluding carboxylic acids is 2. The summed E-state index contributed by atoms with van der Waals surface area (Å²) in [6, 6.07) is 0. The Balaban J connectivity index is 2.35. The van der Waals surface area contributed by atoms with Crippen LogP contribution in [0.5, 0.6) is 0 Å². The molecule has 0 amide bonds. The molecule has 8 nitrogen and oxygen atoms in total. The number of rotatable bonds is 13. The Morgan fingerprint density at radius 1 is 1.26 bits per heavy atom. The van der Waals surface area contributed by atoms with E-state index >= 15 is 0 Å². The van der Waals surface area contributed by atoms with Crippen molar-refractivity contribution in [1.29, 1.82) is 0 Å². The fourth-order valence-electron chi connectivity index (χ4n) is 2.50. The number of hydrogen-bond acceptors (Lipinski definition) is 7. The van der Waals surface area contributed by atoms with Gasteiger partial charge in [-0.15, -0.1) is 10.1 Å². The van der Waals surface area contributed by atoms with Crippen LogP contribution in [0.1, 0.15) is 58.3 Å². The molecule has 0 aromatic carbocycles. The van der Waals surface area contributed by atoms with Crippen LogP contribution in [0.3, 0.4) is 0 Å². The molecule has 0 radical (unpaired) electrons. The van der Waals surface area contributed by atoms with Crippen LogP contribution < -0.4 is 0 Å². The Kier molecular flexibility index (Phi) is 11.3. The maximum atomic E-state index is 12.1. The van der Waals surface area contributed by atoms with E-state index in [2.05, 4.69) is 36.7 Å². The summed E-state index contributed by atoms with van der Waals surface area (Å²) in [5.74, 6) is -0.507. The molecule has 1 rings (SSSR count). The number of hydrogen-bond donors (Lipinski definition) is 0. The molecule has 0 aliphatic carbocycles. The van der Waals surface area contributed by atoms with Gasteiger partial charge in [-0.25, -0.2) is 4.79 Å². The van der Waals surface area contributed by atoms with E-state index in [0.29, 0.717) is 34.0 Å². The third-order valence-electron chi connectivity index (χ3n) is 3.80. The number of carbonyl (C=O) groups is 2. The van der Waals surface area contributed by atoms with E-state index in [1.165, 1.54) is 0 Å². The van der Waals surface area contributed by atoms with E-state index in [0.717, 1.165) is 25.7 Å². The monoisotopic (exact) mass is 511 g/mol. The van der Waals surface area contributed by atoms with Gasteiger partial charge in [-0.1, -0.05) is 32.6 Å². The van der Waals surface area contributed by atoms with Gasteiger partial charge < -0.3 is 14.3 Å². The minimum atomic E-state index is -0.798. The van der Waals surface area contributed by atoms with Crippen molar-refractivity contribution in [2.75, 3.05) is 6.61 Å². The molecule has 0 bridgehead atoms. The minimum absolute atomic E-state index is 0.0971. The van der Waals surface area contributed by atoms with E-state index < -0.39 is 17.2 Å². The molecule has 0 N–H and O–H groups in total. The molecule has 0 aromatic rings. The van der Waals surface area contributed by atoms with Crippen molar-refractivity contribution >= 4 is 43.8 Å². The Labute approximate surface area is 174 Å². The molecule has 0 spiro atoms. The smallest absolute Gasteiger partial charge is 0.343 e. The lowest BCUT2D eigenvalue weighted by atomic mass is 10.1. The lowest BCUT2D eigenvalue weighted by molar-refractivity contribution is -0.757. The molecule has 1 unspecified atom stereocenters. The van der Waals surface area contributed by atoms with E-state index in [4.69, 9.17) is 9.47 Å². The summed E-state index contributed by atoms with van der Waals surface area (Å²) in [5.41, 5.74) is 0.336. The second kappa shape index (κ2) is 12.9. The number of nitrogens with zero attached hydrogens (tertiary/aromatic N) is 1. The highest BCUT2D eigenvalue weighted by Crippen LogP contribution is 2.30. The Morgan fingerprint density at radius 3 is 2.52 bits per heavy atom. The first kappa shape index (κ1) is 23.6. The molecule has 1 heterocycles. The molecule has 1 aliphatic rings. The predicted molar refractivity (Wildman–Crippen MR) is 104 cm³/mol. The molecule has 0 saturated carbocycles. The first-order valence-electron chi connectivity index (χ1n) is 8.81. The summed E-state index contributed by atoms with van der Waals surface area (Å²) in [5, 5.41) is 9.20. The molecular weight excluding hydrogens is 490 g/mol. The van der Waals surface area contributed by atoms with Crippen molar-refractivity contribution in [3.63, 3.8) is 0 Å². The lowest BCUT2D eigenvalue weighted by Crippen LogP contribution is -2.23. The second-order valence-corrected chi connectivity index (χ2v) is 8.61. The summed E-state index contributed by atoms with van der Waals surface area (Å²) in [6.45, 7) is 2.04. The van der Waals surface area contributed by atoms with Crippen molar-refractivity contribution in [3.8, 4) is 0 Å². The van der Waals surface area contributed by atoms with Gasteiger partial charge in [0, 0.05) is 6.42 Å². The van der Waals surface area contributed by atoms with Gasteiger partial charge in [0.2, 0.25) is 0 Å². The second-order valence-electron chi connectivity index (χ2n) is 5.96. The zero-order valence-corrected chi connectivity index (χ0v) is 18.3. The number of esters is 2. The number of allylic oxidation sites excluding steroid dienone is 1. The van der Waals surface area contributed by atoms with E-state index in [1.807, 2.05) is 6.92 Å². The van der Waals surface area contributed by atoms with Crippen LogP contribution in [0.2, 0.25) is 0 Å². The van der Waals surface area contributed by atoms with Crippen LogP contribution in [-0.2, 0) is 23.9 Å². The third-order valence-corrected chi connectivity index (χ3v) is 4.59. The van der Waals surface area contributed by atoms with E-state index in [1.54, 1.807) is 6.08 Å². The highest BCUT2D eigenvalue weighted by Gasteiger charge is 2.31. The zero-order valence-electron chi connectivity index (χ0n) is 15.1. The van der Waals surface area contributed by atoms with E-state index in [9.17, 15) is 19.7 Å². The van der Waals surface area contributed by atoms with Crippen molar-refractivity contribution in [2.24, 2.45) is 0 Å². The van der Waals surface area contributed by atoms with Crippen LogP contribution in [0.25, 0.3) is 0 Å². The molecular formula is C17H23Br2NO7. The first-order chi connectivity index (χ1) is 12.8. The molecule has 10 heteroatoms. The number of unbranched alkanes of at least 4 members (excludes halogenated alkanes) is 4. The van der Waals surface area contributed by atoms with Gasteiger partial charge in [0.1, 0.15) is 9.50 Å². The summed E-state index contributed by atoms with van der Waals surface area (Å²) < 4.78 is 11.1. The molecule has 0 aromatic heterocycles. The van der Waals surface area contributed by atoms with Crippen molar-refractivity contribution in [3.05, 3.63) is 30.9 Å². The Hall–Kier alpha value is -1.42. The number of cyclic esters (lactones) is 1. The molecule has 1 aliphatic heterocycles. The maximum Gasteiger partial charge on any atom is 0.343 e. The summed E-state index contributed by atoms with van der Waals surface area (Å²) in [6.07, 6.45) is 6.26. The lowest BCUT2D eigenvalue weighted by Gasteiger charge is -2.16. The van der Waals surface area contributed by atoms with Gasteiger partial charge in [-0.3, -0.25) is 4.79 Å². The Bertz CT molecular complexity index is 600. The number of ether oxygens (including phenoxy) is 2. The van der Waals surface area contributed by atoms with Gasteiger partial charge in [0.05, 0.1) is 12.2 Å². The van der Waals surface area contributed by atoms with Crippen LogP contribution in [-0.4, -0.2) is 29.7 Å². The normalized spacial score (nSPS) is 14.4. The zero-order chi connectivity index (χ0) is 20.2. The Morgan fingerprint density at radius 2 is 1.93 bits per heavy atom. The SMILES string of the molecule is CCCC(OC(=O)CCCCCCCO[N+](=O)[O-])C1=CC(=C(Br)Br)OC1=O. The molecule has 0 fully saturated rings. The van der Waals surface area contributed by atoms with Crippen LogP contribution in [0, 0.1) is 10.1 Å². The van der Waals surface area contributed by atoms with Crippen LogP contribution in [0.15, 0.2) is 20.8 Å².